The molecule has 0 spiro atoms. The zero-order valence-electron chi connectivity index (χ0n) is 16.2. The summed E-state index contributed by atoms with van der Waals surface area (Å²) in [5.41, 5.74) is 3.15. The Morgan fingerprint density at radius 3 is 2.24 bits per heavy atom. The highest BCUT2D eigenvalue weighted by atomic mass is 32.2. The van der Waals surface area contributed by atoms with E-state index in [4.69, 9.17) is 0 Å². The highest BCUT2D eigenvalue weighted by Crippen LogP contribution is 2.28. The van der Waals surface area contributed by atoms with Gasteiger partial charge in [0.15, 0.2) is 0 Å². The van der Waals surface area contributed by atoms with Gasteiger partial charge in [-0.25, -0.2) is 8.42 Å². The molecule has 1 aliphatic heterocycles. The lowest BCUT2D eigenvalue weighted by Gasteiger charge is -2.30. The fourth-order valence-electron chi connectivity index (χ4n) is 3.65. The van der Waals surface area contributed by atoms with E-state index in [0.29, 0.717) is 24.3 Å². The molecule has 3 aromatic carbocycles. The molecule has 29 heavy (non-hydrogen) atoms. The summed E-state index contributed by atoms with van der Waals surface area (Å²) in [5, 5.41) is 0. The summed E-state index contributed by atoms with van der Waals surface area (Å²) in [6.45, 7) is 1.14. The van der Waals surface area contributed by atoms with Crippen molar-refractivity contribution < 1.29 is 13.2 Å². The van der Waals surface area contributed by atoms with Crippen molar-refractivity contribution in [2.24, 2.45) is 0 Å². The van der Waals surface area contributed by atoms with E-state index in [1.165, 1.54) is 16.9 Å². The minimum absolute atomic E-state index is 0.162. The quantitative estimate of drug-likeness (QED) is 0.664. The molecule has 3 aromatic rings. The van der Waals surface area contributed by atoms with Crippen molar-refractivity contribution in [2.45, 2.75) is 17.9 Å². The van der Waals surface area contributed by atoms with Crippen molar-refractivity contribution in [3.05, 3.63) is 95.6 Å². The lowest BCUT2D eigenvalue weighted by atomic mass is 9.99. The van der Waals surface area contributed by atoms with Crippen LogP contribution in [0.25, 0.3) is 0 Å². The Kier molecular flexibility index (Phi) is 5.11. The van der Waals surface area contributed by atoms with E-state index in [2.05, 4.69) is 6.07 Å². The maximum absolute atomic E-state index is 13.3. The summed E-state index contributed by atoms with van der Waals surface area (Å²) in [7, 11) is -2.28. The number of fused-ring (bicyclic) bond motifs is 1. The Bertz CT molecular complexity index is 1140. The maximum Gasteiger partial charge on any atom is 0.264 e. The smallest absolute Gasteiger partial charge is 0.264 e. The highest BCUT2D eigenvalue weighted by molar-refractivity contribution is 7.92. The van der Waals surface area contributed by atoms with Gasteiger partial charge < -0.3 is 4.90 Å². The summed E-state index contributed by atoms with van der Waals surface area (Å²) < 4.78 is 27.3. The average molecular weight is 407 g/mol. The van der Waals surface area contributed by atoms with Gasteiger partial charge in [0.25, 0.3) is 15.9 Å². The van der Waals surface area contributed by atoms with Crippen LogP contribution in [0.5, 0.6) is 0 Å². The normalized spacial score (nSPS) is 13.6. The van der Waals surface area contributed by atoms with Crippen LogP contribution in [0.4, 0.5) is 5.69 Å². The fraction of sp³-hybridized carbons (Fsp3) is 0.174. The summed E-state index contributed by atoms with van der Waals surface area (Å²) in [6.07, 6.45) is 0.794. The minimum atomic E-state index is -3.76. The molecule has 0 aliphatic carbocycles. The largest absolute Gasteiger partial charge is 0.334 e. The highest BCUT2D eigenvalue weighted by Gasteiger charge is 2.28. The van der Waals surface area contributed by atoms with Crippen LogP contribution in [0.1, 0.15) is 21.5 Å². The second kappa shape index (κ2) is 7.72. The van der Waals surface area contributed by atoms with Crippen LogP contribution in [0.2, 0.25) is 0 Å². The molecule has 0 radical (unpaired) electrons. The van der Waals surface area contributed by atoms with Crippen molar-refractivity contribution in [3.63, 3.8) is 0 Å². The first kappa shape index (κ1) is 19.2. The molecule has 0 atom stereocenters. The van der Waals surface area contributed by atoms with Crippen LogP contribution < -0.4 is 4.31 Å². The number of para-hydroxylation sites is 1. The van der Waals surface area contributed by atoms with Crippen LogP contribution >= 0.6 is 0 Å². The summed E-state index contributed by atoms with van der Waals surface area (Å²) in [6, 6.07) is 23.2. The second-order valence-electron chi connectivity index (χ2n) is 7.05. The number of benzene rings is 3. The van der Waals surface area contributed by atoms with Crippen molar-refractivity contribution >= 4 is 21.6 Å². The second-order valence-corrected chi connectivity index (χ2v) is 9.02. The maximum atomic E-state index is 13.3. The molecule has 0 fully saturated rings. The van der Waals surface area contributed by atoms with Gasteiger partial charge in [0.2, 0.25) is 0 Å². The Morgan fingerprint density at radius 1 is 0.862 bits per heavy atom. The molecule has 1 aliphatic rings. The molecule has 0 aromatic heterocycles. The van der Waals surface area contributed by atoms with Crippen LogP contribution in [-0.2, 0) is 23.0 Å². The van der Waals surface area contributed by atoms with Gasteiger partial charge in [-0.2, -0.15) is 0 Å². The van der Waals surface area contributed by atoms with Crippen molar-refractivity contribution in [3.8, 4) is 0 Å². The van der Waals surface area contributed by atoms with E-state index in [1.54, 1.807) is 59.5 Å². The number of amides is 1. The van der Waals surface area contributed by atoms with Gasteiger partial charge in [0, 0.05) is 20.1 Å². The van der Waals surface area contributed by atoms with Crippen molar-refractivity contribution in [1.29, 1.82) is 0 Å². The Labute approximate surface area is 171 Å². The third-order valence-electron chi connectivity index (χ3n) is 5.29. The SMILES string of the molecule is CN(c1ccccc1C(=O)N1CCc2ccccc2C1)S(=O)(=O)c1ccccc1. The lowest BCUT2D eigenvalue weighted by Crippen LogP contribution is -2.37. The topological polar surface area (TPSA) is 57.7 Å². The monoisotopic (exact) mass is 406 g/mol. The molecule has 6 heteroatoms. The molecular weight excluding hydrogens is 384 g/mol. The molecule has 0 saturated heterocycles. The molecule has 1 heterocycles. The number of carbonyl (C=O) groups excluding carboxylic acids is 1. The van der Waals surface area contributed by atoms with E-state index >= 15 is 0 Å². The average Bonchev–Trinajstić information content (AvgIpc) is 2.78. The van der Waals surface area contributed by atoms with E-state index < -0.39 is 10.0 Å². The van der Waals surface area contributed by atoms with Crippen LogP contribution in [0, 0.1) is 0 Å². The number of sulfonamides is 1. The first-order valence-corrected chi connectivity index (χ1v) is 10.9. The van der Waals surface area contributed by atoms with E-state index in [1.807, 2.05) is 18.2 Å². The fourth-order valence-corrected chi connectivity index (χ4v) is 4.88. The molecule has 4 rings (SSSR count). The predicted octanol–water partition coefficient (Wildman–Crippen LogP) is 3.71. The van der Waals surface area contributed by atoms with E-state index in [0.717, 1.165) is 12.0 Å². The molecule has 0 bridgehead atoms. The zero-order chi connectivity index (χ0) is 20.4. The number of rotatable bonds is 4. The third-order valence-corrected chi connectivity index (χ3v) is 7.08. The standard InChI is InChI=1S/C23H22N2O3S/c1-24(29(27,28)20-11-3-2-4-12-20)22-14-8-7-13-21(22)23(26)25-16-15-18-9-5-6-10-19(18)17-25/h2-14H,15-17H2,1H3. The predicted molar refractivity (Wildman–Crippen MR) is 113 cm³/mol. The number of carbonyl (C=O) groups is 1. The molecule has 0 N–H and O–H groups in total. The van der Waals surface area contributed by atoms with Crippen LogP contribution in [0.15, 0.2) is 83.8 Å². The van der Waals surface area contributed by atoms with E-state index in [9.17, 15) is 13.2 Å². The van der Waals surface area contributed by atoms with Gasteiger partial charge in [0.1, 0.15) is 0 Å². The Hall–Kier alpha value is -3.12. The molecule has 148 valence electrons. The van der Waals surface area contributed by atoms with Crippen LogP contribution in [0.3, 0.4) is 0 Å². The molecule has 0 saturated carbocycles. The number of hydrogen-bond donors (Lipinski definition) is 0. The summed E-state index contributed by atoms with van der Waals surface area (Å²) in [4.78, 5) is 15.3. The third kappa shape index (κ3) is 3.63. The van der Waals surface area contributed by atoms with Gasteiger partial charge in [-0.15, -0.1) is 0 Å². The van der Waals surface area contributed by atoms with Gasteiger partial charge in [-0.3, -0.25) is 9.10 Å². The van der Waals surface area contributed by atoms with Gasteiger partial charge in [0.05, 0.1) is 16.1 Å². The Balaban J connectivity index is 1.66. The molecule has 0 unspecified atom stereocenters. The van der Waals surface area contributed by atoms with Gasteiger partial charge >= 0.3 is 0 Å². The summed E-state index contributed by atoms with van der Waals surface area (Å²) >= 11 is 0. The first-order valence-electron chi connectivity index (χ1n) is 9.47. The molecular formula is C23H22N2O3S. The lowest BCUT2D eigenvalue weighted by molar-refractivity contribution is 0.0735. The summed E-state index contributed by atoms with van der Waals surface area (Å²) in [5.74, 6) is -0.162. The van der Waals surface area contributed by atoms with Crippen LogP contribution in [-0.4, -0.2) is 32.8 Å². The van der Waals surface area contributed by atoms with Gasteiger partial charge in [-0.1, -0.05) is 54.6 Å². The van der Waals surface area contributed by atoms with E-state index in [-0.39, 0.29) is 10.8 Å². The Morgan fingerprint density at radius 2 is 1.48 bits per heavy atom. The minimum Gasteiger partial charge on any atom is -0.334 e. The van der Waals surface area contributed by atoms with Crippen molar-refractivity contribution in [2.75, 3.05) is 17.9 Å². The molecule has 5 nitrogen and oxygen atoms in total. The zero-order valence-corrected chi connectivity index (χ0v) is 17.0. The first-order chi connectivity index (χ1) is 14.0. The molecule has 1 amide bonds. The number of hydrogen-bond acceptors (Lipinski definition) is 3. The van der Waals surface area contributed by atoms with Crippen molar-refractivity contribution in [1.82, 2.24) is 4.90 Å². The van der Waals surface area contributed by atoms with Gasteiger partial charge in [-0.05, 0) is 41.8 Å². The number of nitrogens with zero attached hydrogens (tertiary/aromatic N) is 2. The number of anilines is 1.